The summed E-state index contributed by atoms with van der Waals surface area (Å²) in [6, 6.07) is 16.9. The summed E-state index contributed by atoms with van der Waals surface area (Å²) < 4.78 is 7.74. The number of carbonyl (C=O) groups is 1. The van der Waals surface area contributed by atoms with Crippen LogP contribution < -0.4 is 15.0 Å². The second-order valence-electron chi connectivity index (χ2n) is 9.45. The predicted molar refractivity (Wildman–Crippen MR) is 141 cm³/mol. The van der Waals surface area contributed by atoms with Crippen LogP contribution in [0.15, 0.2) is 48.5 Å². The van der Waals surface area contributed by atoms with Gasteiger partial charge in [0.05, 0.1) is 30.1 Å². The van der Waals surface area contributed by atoms with Crippen LogP contribution in [0, 0.1) is 0 Å². The van der Waals surface area contributed by atoms with Crippen molar-refractivity contribution in [3.05, 3.63) is 48.5 Å². The van der Waals surface area contributed by atoms with Crippen LogP contribution in [0.5, 0.6) is 5.75 Å². The minimum absolute atomic E-state index is 0.0333. The lowest BCUT2D eigenvalue weighted by atomic mass is 10.1. The Morgan fingerprint density at radius 1 is 1.09 bits per heavy atom. The number of thioether (sulfide) groups is 1. The van der Waals surface area contributed by atoms with Crippen molar-refractivity contribution < 1.29 is 9.53 Å². The monoisotopic (exact) mass is 492 g/mol. The van der Waals surface area contributed by atoms with Gasteiger partial charge in [0.2, 0.25) is 11.9 Å². The quantitative estimate of drug-likeness (QED) is 0.587. The van der Waals surface area contributed by atoms with E-state index in [-0.39, 0.29) is 11.9 Å². The van der Waals surface area contributed by atoms with Crippen molar-refractivity contribution in [2.75, 3.05) is 62.9 Å². The highest BCUT2D eigenvalue weighted by Gasteiger charge is 2.37. The number of benzene rings is 2. The van der Waals surface area contributed by atoms with E-state index in [1.165, 1.54) is 0 Å². The van der Waals surface area contributed by atoms with Gasteiger partial charge in [-0.3, -0.25) is 14.3 Å². The number of imidazole rings is 1. The zero-order chi connectivity index (χ0) is 23.8. The molecule has 1 aromatic heterocycles. The molecule has 4 heterocycles. The van der Waals surface area contributed by atoms with E-state index in [0.29, 0.717) is 6.04 Å². The Kier molecular flexibility index (Phi) is 6.30. The molecule has 2 atom stereocenters. The fourth-order valence-corrected chi connectivity index (χ4v) is 6.45. The van der Waals surface area contributed by atoms with Crippen LogP contribution in [0.1, 0.15) is 6.42 Å². The first kappa shape index (κ1) is 22.7. The number of methoxy groups -OCH3 is 1. The lowest BCUT2D eigenvalue weighted by Gasteiger charge is -2.38. The third kappa shape index (κ3) is 4.37. The number of amides is 1. The molecule has 1 amide bonds. The number of piperazine rings is 1. The molecule has 3 aliphatic heterocycles. The van der Waals surface area contributed by atoms with Crippen LogP contribution in [0.2, 0.25) is 0 Å². The van der Waals surface area contributed by atoms with Crippen molar-refractivity contribution in [1.29, 1.82) is 0 Å². The summed E-state index contributed by atoms with van der Waals surface area (Å²) in [5, 5.41) is 3.50. The average molecular weight is 493 g/mol. The average Bonchev–Trinajstić information content (AvgIpc) is 3.68. The van der Waals surface area contributed by atoms with Crippen LogP contribution in [0.4, 0.5) is 5.95 Å². The molecule has 3 aliphatic rings. The Hall–Kier alpha value is -2.75. The van der Waals surface area contributed by atoms with Gasteiger partial charge in [0, 0.05) is 62.8 Å². The number of anilines is 1. The van der Waals surface area contributed by atoms with Gasteiger partial charge in [-0.15, -0.1) is 11.8 Å². The molecule has 1 N–H and O–H groups in total. The number of aromatic nitrogens is 2. The first-order valence-corrected chi connectivity index (χ1v) is 13.6. The van der Waals surface area contributed by atoms with E-state index in [2.05, 4.69) is 50.0 Å². The van der Waals surface area contributed by atoms with Gasteiger partial charge < -0.3 is 19.9 Å². The fourth-order valence-electron chi connectivity index (χ4n) is 5.49. The highest BCUT2D eigenvalue weighted by atomic mass is 32.2. The topological polar surface area (TPSA) is 65.9 Å². The molecule has 6 rings (SSSR count). The zero-order valence-electron chi connectivity index (χ0n) is 20.1. The molecule has 0 radical (unpaired) electrons. The van der Waals surface area contributed by atoms with E-state index in [4.69, 9.17) is 9.72 Å². The van der Waals surface area contributed by atoms with Crippen LogP contribution in [-0.4, -0.2) is 95.3 Å². The number of para-hydroxylation sites is 1. The second-order valence-corrected chi connectivity index (χ2v) is 10.5. The standard InChI is InChI=1S/C26H32N6O2S/c1-34-21-7-8-22-24(16-21)32(19-5-3-2-4-6-19)26(28-22)30-11-9-29(10-12-30)20-15-23(27-17-20)25(33)31-13-14-35-18-31/h2-8,16,20,23,27H,9-15,17-18H2,1H3/t20-,23-/m0/s1. The van der Waals surface area contributed by atoms with Crippen LogP contribution >= 0.6 is 11.8 Å². The van der Waals surface area contributed by atoms with Crippen molar-refractivity contribution in [3.8, 4) is 11.4 Å². The van der Waals surface area contributed by atoms with Crippen molar-refractivity contribution in [2.24, 2.45) is 0 Å². The summed E-state index contributed by atoms with van der Waals surface area (Å²) in [6.07, 6.45) is 0.905. The number of hydrogen-bond donors (Lipinski definition) is 1. The van der Waals surface area contributed by atoms with Crippen molar-refractivity contribution in [1.82, 2.24) is 24.7 Å². The first-order chi connectivity index (χ1) is 17.2. The molecule has 0 saturated carbocycles. The zero-order valence-corrected chi connectivity index (χ0v) is 20.9. The molecule has 35 heavy (non-hydrogen) atoms. The van der Waals surface area contributed by atoms with E-state index in [9.17, 15) is 4.79 Å². The Morgan fingerprint density at radius 3 is 2.66 bits per heavy atom. The summed E-state index contributed by atoms with van der Waals surface area (Å²) in [5.41, 5.74) is 3.12. The molecule has 0 aliphatic carbocycles. The summed E-state index contributed by atoms with van der Waals surface area (Å²) in [6.45, 7) is 5.53. The maximum atomic E-state index is 12.8. The van der Waals surface area contributed by atoms with Gasteiger partial charge in [0.1, 0.15) is 5.75 Å². The number of nitrogens with zero attached hydrogens (tertiary/aromatic N) is 5. The minimum Gasteiger partial charge on any atom is -0.497 e. The molecular weight excluding hydrogens is 460 g/mol. The molecule has 2 aromatic carbocycles. The number of fused-ring (bicyclic) bond motifs is 1. The molecule has 3 saturated heterocycles. The van der Waals surface area contributed by atoms with Gasteiger partial charge in [-0.25, -0.2) is 4.98 Å². The van der Waals surface area contributed by atoms with Gasteiger partial charge in [0.15, 0.2) is 0 Å². The molecule has 3 fully saturated rings. The number of hydrogen-bond acceptors (Lipinski definition) is 7. The minimum atomic E-state index is -0.0333. The molecule has 3 aromatic rings. The molecule has 8 nitrogen and oxygen atoms in total. The van der Waals surface area contributed by atoms with Crippen LogP contribution in [0.25, 0.3) is 16.7 Å². The number of nitrogens with one attached hydrogen (secondary N) is 1. The lowest BCUT2D eigenvalue weighted by molar-refractivity contribution is -0.131. The highest BCUT2D eigenvalue weighted by Crippen LogP contribution is 2.31. The summed E-state index contributed by atoms with van der Waals surface area (Å²) in [4.78, 5) is 24.8. The third-order valence-corrected chi connectivity index (χ3v) is 8.41. The van der Waals surface area contributed by atoms with Crippen LogP contribution in [0.3, 0.4) is 0 Å². The second kappa shape index (κ2) is 9.72. The molecule has 184 valence electrons. The van der Waals surface area contributed by atoms with E-state index in [1.807, 2.05) is 34.9 Å². The molecule has 0 bridgehead atoms. The lowest BCUT2D eigenvalue weighted by Crippen LogP contribution is -2.51. The largest absolute Gasteiger partial charge is 0.497 e. The van der Waals surface area contributed by atoms with E-state index in [1.54, 1.807) is 7.11 Å². The van der Waals surface area contributed by atoms with Crippen LogP contribution in [-0.2, 0) is 4.79 Å². The summed E-state index contributed by atoms with van der Waals surface area (Å²) >= 11 is 1.85. The maximum absolute atomic E-state index is 12.8. The predicted octanol–water partition coefficient (Wildman–Crippen LogP) is 2.42. The SMILES string of the molecule is COc1ccc2nc(N3CCN([C@@H]4CN[C@H](C(=O)N5CCSC5)C4)CC3)n(-c3ccccc3)c2c1. The van der Waals surface area contributed by atoms with E-state index < -0.39 is 0 Å². The Labute approximate surface area is 210 Å². The molecular formula is C26H32N6O2S. The van der Waals surface area contributed by atoms with Gasteiger partial charge in [0.25, 0.3) is 0 Å². The van der Waals surface area contributed by atoms with Crippen molar-refractivity contribution in [2.45, 2.75) is 18.5 Å². The number of ether oxygens (including phenoxy) is 1. The van der Waals surface area contributed by atoms with E-state index in [0.717, 1.165) is 85.7 Å². The van der Waals surface area contributed by atoms with Crippen molar-refractivity contribution in [3.63, 3.8) is 0 Å². The van der Waals surface area contributed by atoms with E-state index >= 15 is 0 Å². The smallest absolute Gasteiger partial charge is 0.240 e. The Balaban J connectivity index is 1.18. The van der Waals surface area contributed by atoms with Crippen molar-refractivity contribution >= 4 is 34.7 Å². The summed E-state index contributed by atoms with van der Waals surface area (Å²) in [7, 11) is 1.70. The number of rotatable bonds is 5. The fraction of sp³-hybridized carbons (Fsp3) is 0.462. The molecule has 0 unspecified atom stereocenters. The van der Waals surface area contributed by atoms with Gasteiger partial charge >= 0.3 is 0 Å². The molecule has 9 heteroatoms. The van der Waals surface area contributed by atoms with Gasteiger partial charge in [-0.05, 0) is 30.7 Å². The van der Waals surface area contributed by atoms with Gasteiger partial charge in [-0.2, -0.15) is 0 Å². The normalized spacial score (nSPS) is 23.3. The Morgan fingerprint density at radius 2 is 1.91 bits per heavy atom. The summed E-state index contributed by atoms with van der Waals surface area (Å²) in [5.74, 6) is 3.99. The third-order valence-electron chi connectivity index (χ3n) is 7.44. The maximum Gasteiger partial charge on any atom is 0.240 e. The Bertz CT molecular complexity index is 1190. The highest BCUT2D eigenvalue weighted by molar-refractivity contribution is 7.99. The first-order valence-electron chi connectivity index (χ1n) is 12.4. The number of carbonyl (C=O) groups excluding carboxylic acids is 1. The van der Waals surface area contributed by atoms with Gasteiger partial charge in [-0.1, -0.05) is 18.2 Å². The molecule has 0 spiro atoms.